The minimum absolute atomic E-state index is 0.0387. The second-order valence-electron chi connectivity index (χ2n) is 13.4. The van der Waals surface area contributed by atoms with Crippen LogP contribution in [-0.2, 0) is 27.2 Å². The van der Waals surface area contributed by atoms with Gasteiger partial charge in [0.2, 0.25) is 5.91 Å². The van der Waals surface area contributed by atoms with E-state index in [4.69, 9.17) is 9.47 Å². The van der Waals surface area contributed by atoms with Crippen molar-refractivity contribution in [3.63, 3.8) is 0 Å². The topological polar surface area (TPSA) is 123 Å². The Bertz CT molecular complexity index is 1950. The number of fused-ring (bicyclic) bond motifs is 1. The Morgan fingerprint density at radius 3 is 2.39 bits per heavy atom. The molecule has 1 aromatic heterocycles. The van der Waals surface area contributed by atoms with E-state index in [0.717, 1.165) is 34.6 Å². The number of hydrogen-bond donors (Lipinski definition) is 3. The first-order valence-corrected chi connectivity index (χ1v) is 18.4. The number of ether oxygens (including phenoxy) is 2. The second kappa shape index (κ2) is 16.4. The summed E-state index contributed by atoms with van der Waals surface area (Å²) < 4.78 is 10.5. The number of carbonyl (C=O) groups is 4. The molecule has 0 saturated heterocycles. The van der Waals surface area contributed by atoms with Crippen LogP contribution in [0.15, 0.2) is 89.5 Å². The molecule has 1 aliphatic carbocycles. The van der Waals surface area contributed by atoms with E-state index in [1.165, 1.54) is 30.2 Å². The molecule has 3 amide bonds. The Labute approximate surface area is 307 Å². The first-order chi connectivity index (χ1) is 24.4. The molecule has 0 radical (unpaired) electrons. The third kappa shape index (κ3) is 9.47. The van der Waals surface area contributed by atoms with E-state index in [-0.39, 0.29) is 17.0 Å². The highest BCUT2D eigenvalue weighted by Gasteiger charge is 2.34. The third-order valence-electron chi connectivity index (χ3n) is 8.82. The van der Waals surface area contributed by atoms with Crippen molar-refractivity contribution in [2.75, 3.05) is 24.9 Å². The van der Waals surface area contributed by atoms with Gasteiger partial charge in [-0.25, -0.2) is 4.79 Å². The van der Waals surface area contributed by atoms with E-state index in [9.17, 15) is 19.2 Å². The predicted octanol–water partition coefficient (Wildman–Crippen LogP) is 8.22. The molecule has 266 valence electrons. The van der Waals surface area contributed by atoms with E-state index < -0.39 is 23.0 Å². The second-order valence-corrected chi connectivity index (χ2v) is 15.9. The lowest BCUT2D eigenvalue weighted by atomic mass is 9.72. The van der Waals surface area contributed by atoms with Crippen molar-refractivity contribution in [2.45, 2.75) is 57.1 Å². The minimum Gasteiger partial charge on any atom is -0.497 e. The lowest BCUT2D eigenvalue weighted by Crippen LogP contribution is -2.30. The summed E-state index contributed by atoms with van der Waals surface area (Å²) in [5.41, 5.74) is 3.16. The fourth-order valence-corrected chi connectivity index (χ4v) is 8.13. The monoisotopic (exact) mass is 725 g/mol. The highest BCUT2D eigenvalue weighted by Crippen LogP contribution is 2.44. The minimum atomic E-state index is -0.531. The van der Waals surface area contributed by atoms with Crippen molar-refractivity contribution in [3.05, 3.63) is 112 Å². The number of hydrogen-bond acceptors (Lipinski definition) is 8. The summed E-state index contributed by atoms with van der Waals surface area (Å²) in [5, 5.41) is 8.63. The van der Waals surface area contributed by atoms with E-state index in [0.29, 0.717) is 39.0 Å². The summed E-state index contributed by atoms with van der Waals surface area (Å²) in [6.07, 6.45) is 4.18. The molecule has 9 nitrogen and oxygen atoms in total. The molecule has 0 bridgehead atoms. The van der Waals surface area contributed by atoms with Crippen molar-refractivity contribution in [3.8, 4) is 5.75 Å². The Morgan fingerprint density at radius 1 is 0.941 bits per heavy atom. The van der Waals surface area contributed by atoms with Gasteiger partial charge in [0, 0.05) is 21.0 Å². The van der Waals surface area contributed by atoms with Crippen molar-refractivity contribution in [1.29, 1.82) is 0 Å². The van der Waals surface area contributed by atoms with Crippen LogP contribution in [0.2, 0.25) is 0 Å². The van der Waals surface area contributed by atoms with Crippen LogP contribution in [0.5, 0.6) is 5.75 Å². The number of rotatable bonds is 11. The van der Waals surface area contributed by atoms with Crippen LogP contribution in [-0.4, -0.2) is 43.2 Å². The molecule has 3 aromatic carbocycles. The number of thioether (sulfide) groups is 1. The fourth-order valence-electron chi connectivity index (χ4n) is 5.89. The van der Waals surface area contributed by atoms with E-state index in [2.05, 4.69) is 36.7 Å². The van der Waals surface area contributed by atoms with Gasteiger partial charge in [0.25, 0.3) is 11.8 Å². The van der Waals surface area contributed by atoms with Gasteiger partial charge in [-0.1, -0.05) is 57.2 Å². The summed E-state index contributed by atoms with van der Waals surface area (Å²) >= 11 is 2.78. The molecule has 0 aliphatic heterocycles. The van der Waals surface area contributed by atoms with Crippen molar-refractivity contribution >= 4 is 63.6 Å². The van der Waals surface area contributed by atoms with Crippen LogP contribution < -0.4 is 20.7 Å². The quantitative estimate of drug-likeness (QED) is 0.0809. The zero-order chi connectivity index (χ0) is 36.7. The zero-order valence-electron chi connectivity index (χ0n) is 29.6. The van der Waals surface area contributed by atoms with Crippen molar-refractivity contribution in [2.24, 2.45) is 11.3 Å². The summed E-state index contributed by atoms with van der Waals surface area (Å²) in [6, 6.07) is 22.9. The molecule has 0 saturated carbocycles. The highest BCUT2D eigenvalue weighted by atomic mass is 32.2. The van der Waals surface area contributed by atoms with E-state index >= 15 is 0 Å². The molecule has 1 aliphatic rings. The molecule has 0 spiro atoms. The average molecular weight is 726 g/mol. The Kier molecular flexibility index (Phi) is 12.0. The van der Waals surface area contributed by atoms with Gasteiger partial charge in [0.15, 0.2) is 0 Å². The van der Waals surface area contributed by atoms with Gasteiger partial charge in [-0.2, -0.15) is 0 Å². The first kappa shape index (κ1) is 37.4. The first-order valence-electron chi connectivity index (χ1n) is 16.7. The van der Waals surface area contributed by atoms with Gasteiger partial charge in [0.1, 0.15) is 16.4 Å². The van der Waals surface area contributed by atoms with Crippen molar-refractivity contribution in [1.82, 2.24) is 5.32 Å². The van der Waals surface area contributed by atoms with Crippen LogP contribution in [0.3, 0.4) is 0 Å². The smallest absolute Gasteiger partial charge is 0.341 e. The molecular formula is C40H43N3O6S2. The molecule has 11 heteroatoms. The zero-order valence-corrected chi connectivity index (χ0v) is 31.3. The molecule has 5 rings (SSSR count). The van der Waals surface area contributed by atoms with E-state index in [1.54, 1.807) is 86.8 Å². The van der Waals surface area contributed by atoms with Crippen LogP contribution in [0.1, 0.15) is 70.8 Å². The lowest BCUT2D eigenvalue weighted by Gasteiger charge is -2.33. The number of anilines is 2. The number of amides is 3. The summed E-state index contributed by atoms with van der Waals surface area (Å²) in [5.74, 6) is -0.567. The van der Waals surface area contributed by atoms with Gasteiger partial charge >= 0.3 is 5.97 Å². The van der Waals surface area contributed by atoms with Gasteiger partial charge in [-0.3, -0.25) is 14.4 Å². The van der Waals surface area contributed by atoms with Crippen LogP contribution >= 0.6 is 23.1 Å². The number of methoxy groups -OCH3 is 2. The number of carbonyl (C=O) groups excluding carboxylic acids is 4. The highest BCUT2D eigenvalue weighted by molar-refractivity contribution is 8.00. The van der Waals surface area contributed by atoms with Gasteiger partial charge in [0.05, 0.1) is 25.0 Å². The Morgan fingerprint density at radius 2 is 1.69 bits per heavy atom. The molecule has 2 unspecified atom stereocenters. The molecule has 2 atom stereocenters. The number of benzene rings is 3. The summed E-state index contributed by atoms with van der Waals surface area (Å²) in [7, 11) is 2.91. The van der Waals surface area contributed by atoms with Gasteiger partial charge in [-0.15, -0.1) is 23.1 Å². The van der Waals surface area contributed by atoms with Gasteiger partial charge < -0.3 is 25.4 Å². The Hall–Kier alpha value is -4.87. The Balaban J connectivity index is 1.30. The molecular weight excluding hydrogens is 683 g/mol. The largest absolute Gasteiger partial charge is 0.497 e. The SMILES string of the molecule is COC(=O)c1c(NC(=O)C(C)Sc2cccc(NC(=O)/C(=C/c3cccc(OC)c3)NC(=O)c3ccccc3)c2)sc2c1CCC(C(C)(C)C)C2. The summed E-state index contributed by atoms with van der Waals surface area (Å²) in [4.78, 5) is 54.9. The maximum absolute atomic E-state index is 13.6. The molecule has 4 aromatic rings. The van der Waals surface area contributed by atoms with Crippen molar-refractivity contribution < 1.29 is 28.7 Å². The standard InChI is InChI=1S/C40H43N3O6S2/c1-24(35(44)43-38-34(39(47)49-6)31-19-18-27(40(2,3)4)22-33(31)51-38)50-30-17-11-15-28(23-30)41-37(46)32(21-25-12-10-16-29(20-25)48-5)42-36(45)26-13-8-7-9-14-26/h7-17,20-21,23-24,27H,18-19,22H2,1-6H3,(H,41,46)(H,42,45)(H,43,44)/b32-21-. The maximum Gasteiger partial charge on any atom is 0.341 e. The van der Waals surface area contributed by atoms with Crippen LogP contribution in [0, 0.1) is 11.3 Å². The van der Waals surface area contributed by atoms with Crippen LogP contribution in [0.4, 0.5) is 10.7 Å². The normalized spacial score (nSPS) is 14.9. The predicted molar refractivity (Wildman–Crippen MR) is 205 cm³/mol. The fraction of sp³-hybridized carbons (Fsp3) is 0.300. The maximum atomic E-state index is 13.6. The molecule has 51 heavy (non-hydrogen) atoms. The van der Waals surface area contributed by atoms with Gasteiger partial charge in [-0.05, 0) is 97.2 Å². The summed E-state index contributed by atoms with van der Waals surface area (Å²) in [6.45, 7) is 8.50. The van der Waals surface area contributed by atoms with Crippen LogP contribution in [0.25, 0.3) is 6.08 Å². The molecule has 1 heterocycles. The average Bonchev–Trinajstić information content (AvgIpc) is 3.48. The number of esters is 1. The molecule has 0 fully saturated rings. The number of nitrogens with one attached hydrogen (secondary N) is 3. The van der Waals surface area contributed by atoms with E-state index in [1.807, 2.05) is 12.1 Å². The lowest BCUT2D eigenvalue weighted by molar-refractivity contribution is -0.115. The number of thiophene rings is 1. The molecule has 3 N–H and O–H groups in total. The third-order valence-corrected chi connectivity index (χ3v) is 11.1.